The molecular weight excluding hydrogens is 448 g/mol. The van der Waals surface area contributed by atoms with Crippen molar-refractivity contribution in [2.75, 3.05) is 18.5 Å². The van der Waals surface area contributed by atoms with E-state index in [2.05, 4.69) is 5.32 Å². The highest BCUT2D eigenvalue weighted by molar-refractivity contribution is 7.89. The number of hydrogen-bond donors (Lipinski definition) is 1. The number of sulfonamides is 1. The fourth-order valence-corrected chi connectivity index (χ4v) is 4.69. The molecule has 0 atom stereocenters. The van der Waals surface area contributed by atoms with E-state index in [-0.39, 0.29) is 18.0 Å². The molecule has 32 heavy (non-hydrogen) atoms. The molecule has 0 aliphatic carbocycles. The summed E-state index contributed by atoms with van der Waals surface area (Å²) in [5, 5.41) is 3.29. The van der Waals surface area contributed by atoms with Gasteiger partial charge >= 0.3 is 0 Å². The molecule has 168 valence electrons. The lowest BCUT2D eigenvalue weighted by Crippen LogP contribution is -2.37. The molecule has 0 bridgehead atoms. The quantitative estimate of drug-likeness (QED) is 0.481. The summed E-state index contributed by atoms with van der Waals surface area (Å²) in [7, 11) is -3.95. The topological polar surface area (TPSA) is 75.7 Å². The summed E-state index contributed by atoms with van der Waals surface area (Å²) in [5.41, 5.74) is 2.03. The Labute approximate surface area is 193 Å². The van der Waals surface area contributed by atoms with Crippen LogP contribution in [0.15, 0.2) is 77.7 Å². The first-order valence-electron chi connectivity index (χ1n) is 10.1. The van der Waals surface area contributed by atoms with Gasteiger partial charge in [-0.25, -0.2) is 8.42 Å². The normalized spacial score (nSPS) is 11.4. The fourth-order valence-electron chi connectivity index (χ4n) is 3.13. The van der Waals surface area contributed by atoms with E-state index in [1.54, 1.807) is 37.3 Å². The van der Waals surface area contributed by atoms with Crippen LogP contribution in [0.5, 0.6) is 5.75 Å². The van der Waals surface area contributed by atoms with Gasteiger partial charge in [0.25, 0.3) is 0 Å². The monoisotopic (exact) mass is 472 g/mol. The lowest BCUT2D eigenvalue weighted by Gasteiger charge is -2.22. The van der Waals surface area contributed by atoms with Crippen LogP contribution in [0.2, 0.25) is 5.02 Å². The molecule has 0 heterocycles. The van der Waals surface area contributed by atoms with Crippen molar-refractivity contribution in [1.82, 2.24) is 4.31 Å². The van der Waals surface area contributed by atoms with Crippen LogP contribution in [-0.4, -0.2) is 31.8 Å². The van der Waals surface area contributed by atoms with Gasteiger partial charge in [-0.2, -0.15) is 4.31 Å². The molecule has 1 amide bonds. The molecule has 0 aromatic heterocycles. The third kappa shape index (κ3) is 5.88. The molecule has 0 aliphatic rings. The van der Waals surface area contributed by atoms with E-state index in [9.17, 15) is 13.2 Å². The predicted molar refractivity (Wildman–Crippen MR) is 126 cm³/mol. The smallest absolute Gasteiger partial charge is 0.243 e. The average molecular weight is 473 g/mol. The van der Waals surface area contributed by atoms with Gasteiger partial charge < -0.3 is 10.1 Å². The molecule has 1 N–H and O–H groups in total. The van der Waals surface area contributed by atoms with E-state index in [0.717, 1.165) is 9.87 Å². The van der Waals surface area contributed by atoms with Crippen LogP contribution < -0.4 is 10.1 Å². The Morgan fingerprint density at radius 1 is 1.00 bits per heavy atom. The Bertz CT molecular complexity index is 1170. The number of rotatable bonds is 9. The van der Waals surface area contributed by atoms with Crippen LogP contribution in [0.1, 0.15) is 18.1 Å². The van der Waals surface area contributed by atoms with Gasteiger partial charge in [-0.1, -0.05) is 48.0 Å². The number of ether oxygens (including phenoxy) is 1. The highest BCUT2D eigenvalue weighted by atomic mass is 35.5. The Hall–Kier alpha value is -2.87. The Kier molecular flexibility index (Phi) is 7.90. The number of nitrogens with zero attached hydrogens (tertiary/aromatic N) is 1. The lowest BCUT2D eigenvalue weighted by molar-refractivity contribution is -0.116. The Morgan fingerprint density at radius 2 is 1.69 bits per heavy atom. The number of carbonyl (C=O) groups is 1. The zero-order chi connectivity index (χ0) is 23.1. The molecule has 8 heteroatoms. The van der Waals surface area contributed by atoms with Gasteiger partial charge in [0.05, 0.1) is 18.0 Å². The van der Waals surface area contributed by atoms with E-state index < -0.39 is 15.9 Å². The highest BCUT2D eigenvalue weighted by Gasteiger charge is 2.27. The van der Waals surface area contributed by atoms with Crippen molar-refractivity contribution >= 4 is 33.2 Å². The summed E-state index contributed by atoms with van der Waals surface area (Å²) in [6, 6.07) is 20.5. The minimum absolute atomic E-state index is 0.0539. The van der Waals surface area contributed by atoms with Gasteiger partial charge in [0.15, 0.2) is 0 Å². The maximum Gasteiger partial charge on any atom is 0.243 e. The van der Waals surface area contributed by atoms with Gasteiger partial charge in [0.2, 0.25) is 15.9 Å². The molecule has 3 aromatic rings. The number of nitrogens with one attached hydrogen (secondary N) is 1. The van der Waals surface area contributed by atoms with E-state index in [0.29, 0.717) is 28.6 Å². The summed E-state index contributed by atoms with van der Waals surface area (Å²) in [4.78, 5) is 12.9. The van der Waals surface area contributed by atoms with Crippen LogP contribution >= 0.6 is 11.6 Å². The maximum atomic E-state index is 13.4. The molecule has 0 saturated carbocycles. The summed E-state index contributed by atoms with van der Waals surface area (Å²) in [5.74, 6) is 0.121. The molecule has 6 nitrogen and oxygen atoms in total. The minimum atomic E-state index is -3.95. The van der Waals surface area contributed by atoms with Gasteiger partial charge in [-0.15, -0.1) is 0 Å². The van der Waals surface area contributed by atoms with Crippen molar-refractivity contribution in [3.8, 4) is 5.75 Å². The number of amides is 1. The van der Waals surface area contributed by atoms with Gasteiger partial charge in [0, 0.05) is 17.3 Å². The second-order valence-electron chi connectivity index (χ2n) is 7.12. The van der Waals surface area contributed by atoms with E-state index in [1.165, 1.54) is 12.1 Å². The van der Waals surface area contributed by atoms with Crippen LogP contribution in [0.3, 0.4) is 0 Å². The average Bonchev–Trinajstić information content (AvgIpc) is 2.78. The molecule has 0 aliphatic heterocycles. The first-order valence-corrected chi connectivity index (χ1v) is 11.9. The molecule has 3 aromatic carbocycles. The molecule has 3 rings (SSSR count). The zero-order valence-electron chi connectivity index (χ0n) is 17.9. The minimum Gasteiger partial charge on any atom is -0.494 e. The van der Waals surface area contributed by atoms with Crippen LogP contribution in [0.4, 0.5) is 5.69 Å². The van der Waals surface area contributed by atoms with Crippen LogP contribution in [0, 0.1) is 6.92 Å². The summed E-state index contributed by atoms with van der Waals surface area (Å²) >= 11 is 6.13. The highest BCUT2D eigenvalue weighted by Crippen LogP contribution is 2.24. The Morgan fingerprint density at radius 3 is 2.34 bits per heavy atom. The third-order valence-corrected chi connectivity index (χ3v) is 7.05. The van der Waals surface area contributed by atoms with E-state index in [4.69, 9.17) is 16.3 Å². The lowest BCUT2D eigenvalue weighted by atomic mass is 10.2. The largest absolute Gasteiger partial charge is 0.494 e. The second kappa shape index (κ2) is 10.6. The standard InChI is InChI=1S/C24H25ClN2O4S/c1-3-31-20-12-14-21(15-13-20)32(29,30)27(16-19-8-5-4-6-9-19)17-24(28)26-23-11-7-10-22(25)18(23)2/h4-15H,3,16-17H2,1-2H3,(H,26,28). The maximum absolute atomic E-state index is 13.4. The number of carbonyl (C=O) groups excluding carboxylic acids is 1. The number of anilines is 1. The van der Waals surface area contributed by atoms with Crippen molar-refractivity contribution in [3.63, 3.8) is 0 Å². The SMILES string of the molecule is CCOc1ccc(S(=O)(=O)N(CC(=O)Nc2cccc(Cl)c2C)Cc2ccccc2)cc1. The number of benzene rings is 3. The molecule has 0 fully saturated rings. The van der Waals surface area contributed by atoms with Crippen LogP contribution in [0.25, 0.3) is 0 Å². The van der Waals surface area contributed by atoms with E-state index in [1.807, 2.05) is 37.3 Å². The zero-order valence-corrected chi connectivity index (χ0v) is 19.5. The summed E-state index contributed by atoms with van der Waals surface area (Å²) in [6.45, 7) is 3.83. The molecule has 0 radical (unpaired) electrons. The molecular formula is C24H25ClN2O4S. The molecule has 0 unspecified atom stereocenters. The van der Waals surface area contributed by atoms with Crippen molar-refractivity contribution in [3.05, 3.63) is 88.9 Å². The predicted octanol–water partition coefficient (Wildman–Crippen LogP) is 4.88. The first-order chi connectivity index (χ1) is 15.3. The van der Waals surface area contributed by atoms with Gasteiger partial charge in [-0.3, -0.25) is 4.79 Å². The van der Waals surface area contributed by atoms with Crippen molar-refractivity contribution in [2.45, 2.75) is 25.3 Å². The van der Waals surface area contributed by atoms with Gasteiger partial charge in [-0.05, 0) is 61.4 Å². The van der Waals surface area contributed by atoms with Gasteiger partial charge in [0.1, 0.15) is 5.75 Å². The van der Waals surface area contributed by atoms with Crippen LogP contribution in [-0.2, 0) is 21.4 Å². The molecule has 0 saturated heterocycles. The summed E-state index contributed by atoms with van der Waals surface area (Å²) in [6.07, 6.45) is 0. The number of halogens is 1. The third-order valence-electron chi connectivity index (χ3n) is 4.84. The van der Waals surface area contributed by atoms with Crippen molar-refractivity contribution in [1.29, 1.82) is 0 Å². The summed E-state index contributed by atoms with van der Waals surface area (Å²) < 4.78 is 33.4. The second-order valence-corrected chi connectivity index (χ2v) is 9.47. The number of hydrogen-bond acceptors (Lipinski definition) is 4. The van der Waals surface area contributed by atoms with E-state index >= 15 is 0 Å². The Balaban J connectivity index is 1.87. The fraction of sp³-hybridized carbons (Fsp3) is 0.208. The first kappa shape index (κ1) is 23.8. The van der Waals surface area contributed by atoms with Crippen molar-refractivity contribution < 1.29 is 17.9 Å². The van der Waals surface area contributed by atoms with Crippen molar-refractivity contribution in [2.24, 2.45) is 0 Å². The molecule has 0 spiro atoms.